The molecule has 2 atom stereocenters. The highest BCUT2D eigenvalue weighted by atomic mass is 16.4. The minimum atomic E-state index is -0.970. The molecule has 0 saturated heterocycles. The molecule has 1 amide bonds. The molecule has 1 heterocycles. The van der Waals surface area contributed by atoms with Gasteiger partial charge in [0.25, 0.3) is 0 Å². The van der Waals surface area contributed by atoms with Crippen molar-refractivity contribution in [2.45, 2.75) is 38.1 Å². The number of carboxylic acid groups (broad SMARTS) is 1. The van der Waals surface area contributed by atoms with Crippen molar-refractivity contribution in [3.63, 3.8) is 0 Å². The van der Waals surface area contributed by atoms with Crippen molar-refractivity contribution in [3.05, 3.63) is 29.8 Å². The van der Waals surface area contributed by atoms with Crippen molar-refractivity contribution in [2.24, 2.45) is 0 Å². The van der Waals surface area contributed by atoms with Crippen LogP contribution in [0.2, 0.25) is 0 Å². The van der Waals surface area contributed by atoms with E-state index < -0.39 is 12.0 Å². The van der Waals surface area contributed by atoms with Crippen LogP contribution in [-0.2, 0) is 9.59 Å². The average molecular weight is 276 g/mol. The number of aliphatic carboxylic acids is 1. The molecule has 5 heteroatoms. The van der Waals surface area contributed by atoms with E-state index in [4.69, 9.17) is 5.11 Å². The summed E-state index contributed by atoms with van der Waals surface area (Å²) in [5, 5.41) is 15.0. The zero-order valence-corrected chi connectivity index (χ0v) is 11.6. The first kappa shape index (κ1) is 14.4. The number of anilines is 1. The Morgan fingerprint density at radius 3 is 2.90 bits per heavy atom. The Morgan fingerprint density at radius 1 is 1.45 bits per heavy atom. The molecule has 0 spiro atoms. The number of rotatable bonds is 5. The molecule has 1 aliphatic heterocycles. The lowest BCUT2D eigenvalue weighted by atomic mass is 9.90. The van der Waals surface area contributed by atoms with Gasteiger partial charge >= 0.3 is 5.97 Å². The third-order valence-corrected chi connectivity index (χ3v) is 3.59. The number of benzene rings is 1. The lowest BCUT2D eigenvalue weighted by Gasteiger charge is -2.27. The quantitative estimate of drug-likeness (QED) is 0.768. The summed E-state index contributed by atoms with van der Waals surface area (Å²) in [6, 6.07) is 6.88. The van der Waals surface area contributed by atoms with E-state index >= 15 is 0 Å². The molecule has 3 N–H and O–H groups in total. The third-order valence-electron chi connectivity index (χ3n) is 3.59. The Kier molecular flexibility index (Phi) is 4.61. The van der Waals surface area contributed by atoms with Gasteiger partial charge in [0.05, 0.1) is 5.92 Å². The Morgan fingerprint density at radius 2 is 2.20 bits per heavy atom. The fourth-order valence-corrected chi connectivity index (χ4v) is 2.56. The summed E-state index contributed by atoms with van der Waals surface area (Å²) in [7, 11) is 0. The Bertz CT molecular complexity index is 502. The molecule has 108 valence electrons. The van der Waals surface area contributed by atoms with Crippen molar-refractivity contribution in [2.75, 3.05) is 11.9 Å². The molecule has 1 unspecified atom stereocenters. The summed E-state index contributed by atoms with van der Waals surface area (Å²) in [5.74, 6) is -1.44. The van der Waals surface area contributed by atoms with Crippen molar-refractivity contribution in [1.82, 2.24) is 5.32 Å². The van der Waals surface area contributed by atoms with Crippen LogP contribution in [0.1, 0.15) is 37.7 Å². The SMILES string of the molecule is CCC[C@@H](NC(=O)C1CCNc2ccccc21)C(=O)O. The van der Waals surface area contributed by atoms with Gasteiger partial charge in [-0.2, -0.15) is 0 Å². The first-order valence-corrected chi connectivity index (χ1v) is 6.99. The fourth-order valence-electron chi connectivity index (χ4n) is 2.56. The Balaban J connectivity index is 2.12. The molecule has 0 radical (unpaired) electrons. The second-order valence-electron chi connectivity index (χ2n) is 5.04. The van der Waals surface area contributed by atoms with Crippen LogP contribution in [0.4, 0.5) is 5.69 Å². The number of hydrogen-bond acceptors (Lipinski definition) is 3. The van der Waals surface area contributed by atoms with Crippen molar-refractivity contribution in [1.29, 1.82) is 0 Å². The molecule has 1 aliphatic rings. The van der Waals surface area contributed by atoms with E-state index in [0.717, 1.165) is 24.2 Å². The fraction of sp³-hybridized carbons (Fsp3) is 0.467. The summed E-state index contributed by atoms with van der Waals surface area (Å²) in [5.41, 5.74) is 1.90. The maximum Gasteiger partial charge on any atom is 0.326 e. The summed E-state index contributed by atoms with van der Waals surface area (Å²) in [6.45, 7) is 2.63. The number of fused-ring (bicyclic) bond motifs is 1. The van der Waals surface area contributed by atoms with Gasteiger partial charge in [-0.25, -0.2) is 4.79 Å². The first-order chi connectivity index (χ1) is 9.63. The minimum absolute atomic E-state index is 0.195. The van der Waals surface area contributed by atoms with E-state index in [1.165, 1.54) is 0 Å². The van der Waals surface area contributed by atoms with Crippen LogP contribution in [0.5, 0.6) is 0 Å². The van der Waals surface area contributed by atoms with Gasteiger partial charge in [0.15, 0.2) is 0 Å². The van der Waals surface area contributed by atoms with E-state index in [0.29, 0.717) is 12.8 Å². The zero-order valence-electron chi connectivity index (χ0n) is 11.6. The van der Waals surface area contributed by atoms with Crippen LogP contribution in [0.25, 0.3) is 0 Å². The maximum absolute atomic E-state index is 12.3. The van der Waals surface area contributed by atoms with Gasteiger partial charge in [0.2, 0.25) is 5.91 Å². The molecule has 0 aliphatic carbocycles. The molecule has 1 aromatic rings. The molecule has 20 heavy (non-hydrogen) atoms. The smallest absolute Gasteiger partial charge is 0.326 e. The number of nitrogens with one attached hydrogen (secondary N) is 2. The molecule has 0 fully saturated rings. The zero-order chi connectivity index (χ0) is 14.5. The highest BCUT2D eigenvalue weighted by Gasteiger charge is 2.29. The van der Waals surface area contributed by atoms with Gasteiger partial charge in [0.1, 0.15) is 6.04 Å². The van der Waals surface area contributed by atoms with E-state index in [9.17, 15) is 9.59 Å². The number of hydrogen-bond donors (Lipinski definition) is 3. The topological polar surface area (TPSA) is 78.4 Å². The van der Waals surface area contributed by atoms with Gasteiger partial charge in [-0.15, -0.1) is 0 Å². The second kappa shape index (κ2) is 6.41. The van der Waals surface area contributed by atoms with E-state index in [1.807, 2.05) is 31.2 Å². The molecule has 0 bridgehead atoms. The van der Waals surface area contributed by atoms with Gasteiger partial charge < -0.3 is 15.7 Å². The predicted molar refractivity (Wildman–Crippen MR) is 76.8 cm³/mol. The van der Waals surface area contributed by atoms with Crippen LogP contribution in [0.3, 0.4) is 0 Å². The van der Waals surface area contributed by atoms with Gasteiger partial charge in [-0.3, -0.25) is 4.79 Å². The Hall–Kier alpha value is -2.04. The number of carbonyl (C=O) groups excluding carboxylic acids is 1. The van der Waals surface area contributed by atoms with Crippen molar-refractivity contribution < 1.29 is 14.7 Å². The average Bonchev–Trinajstić information content (AvgIpc) is 2.46. The number of para-hydroxylation sites is 1. The van der Waals surface area contributed by atoms with E-state index in [-0.39, 0.29) is 11.8 Å². The number of amides is 1. The van der Waals surface area contributed by atoms with Crippen LogP contribution >= 0.6 is 0 Å². The van der Waals surface area contributed by atoms with Gasteiger partial charge in [-0.05, 0) is 24.5 Å². The lowest BCUT2D eigenvalue weighted by molar-refractivity contribution is -0.142. The maximum atomic E-state index is 12.3. The number of carboxylic acids is 1. The predicted octanol–water partition coefficient (Wildman–Crippen LogP) is 1.96. The largest absolute Gasteiger partial charge is 0.480 e. The van der Waals surface area contributed by atoms with Crippen LogP contribution in [0, 0.1) is 0 Å². The van der Waals surface area contributed by atoms with Crippen LogP contribution < -0.4 is 10.6 Å². The molecule has 5 nitrogen and oxygen atoms in total. The monoisotopic (exact) mass is 276 g/mol. The third kappa shape index (κ3) is 3.10. The molecular formula is C15H20N2O3. The standard InChI is InChI=1S/C15H20N2O3/c1-2-5-13(15(19)20)17-14(18)11-8-9-16-12-7-4-3-6-10(11)12/h3-4,6-7,11,13,16H,2,5,8-9H2,1H3,(H,17,18)(H,19,20)/t11?,13-/m1/s1. The van der Waals surface area contributed by atoms with Crippen molar-refractivity contribution >= 4 is 17.6 Å². The van der Waals surface area contributed by atoms with Crippen LogP contribution in [-0.4, -0.2) is 29.6 Å². The van der Waals surface area contributed by atoms with Gasteiger partial charge in [-0.1, -0.05) is 31.5 Å². The highest BCUT2D eigenvalue weighted by Crippen LogP contribution is 2.31. The first-order valence-electron chi connectivity index (χ1n) is 6.99. The summed E-state index contributed by atoms with van der Waals surface area (Å²) >= 11 is 0. The Labute approximate surface area is 118 Å². The van der Waals surface area contributed by atoms with Crippen molar-refractivity contribution in [3.8, 4) is 0 Å². The number of carbonyl (C=O) groups is 2. The van der Waals surface area contributed by atoms with E-state index in [1.54, 1.807) is 0 Å². The molecule has 2 rings (SSSR count). The molecule has 0 aromatic heterocycles. The lowest BCUT2D eigenvalue weighted by Crippen LogP contribution is -2.43. The summed E-state index contributed by atoms with van der Waals surface area (Å²) in [4.78, 5) is 23.5. The van der Waals surface area contributed by atoms with Crippen LogP contribution in [0.15, 0.2) is 24.3 Å². The minimum Gasteiger partial charge on any atom is -0.480 e. The summed E-state index contributed by atoms with van der Waals surface area (Å²) in [6.07, 6.45) is 1.86. The van der Waals surface area contributed by atoms with Gasteiger partial charge in [0, 0.05) is 12.2 Å². The summed E-state index contributed by atoms with van der Waals surface area (Å²) < 4.78 is 0. The molecule has 0 saturated carbocycles. The molecular weight excluding hydrogens is 256 g/mol. The van der Waals surface area contributed by atoms with E-state index in [2.05, 4.69) is 10.6 Å². The highest BCUT2D eigenvalue weighted by molar-refractivity contribution is 5.89. The molecule has 1 aromatic carbocycles. The normalized spacial score (nSPS) is 18.6. The second-order valence-corrected chi connectivity index (χ2v) is 5.04.